The summed E-state index contributed by atoms with van der Waals surface area (Å²) in [6.07, 6.45) is 0. The first-order chi connectivity index (χ1) is 22.1. The Hall–Kier alpha value is -5.45. The average molecular weight is 596 g/mol. The third-order valence-corrected chi connectivity index (χ3v) is 13.1. The van der Waals surface area contributed by atoms with Crippen LogP contribution in [0.4, 0.5) is 0 Å². The minimum Gasteiger partial charge on any atom is -0.208 e. The van der Waals surface area contributed by atoms with E-state index >= 15 is 0 Å². The number of aromatic nitrogens is 3. The monoisotopic (exact) mass is 595 g/mol. The van der Waals surface area contributed by atoms with E-state index in [1.54, 1.807) is 0 Å². The summed E-state index contributed by atoms with van der Waals surface area (Å²) in [6.45, 7) is 4.22. The average Bonchev–Trinajstić information content (AvgIpc) is 3.10. The summed E-state index contributed by atoms with van der Waals surface area (Å²) in [6, 6.07) is 58.4. The van der Waals surface area contributed by atoms with E-state index in [2.05, 4.69) is 159 Å². The van der Waals surface area contributed by atoms with Crippen LogP contribution in [0.3, 0.4) is 0 Å². The summed E-state index contributed by atoms with van der Waals surface area (Å²) in [7, 11) is -2.71. The van der Waals surface area contributed by atoms with Crippen molar-refractivity contribution in [2.75, 3.05) is 0 Å². The van der Waals surface area contributed by atoms with Crippen LogP contribution in [0.1, 0.15) is 11.1 Å². The van der Waals surface area contributed by atoms with Gasteiger partial charge in [0.05, 0.1) is 0 Å². The van der Waals surface area contributed by atoms with E-state index in [0.717, 1.165) is 16.7 Å². The fourth-order valence-electron chi connectivity index (χ4n) is 6.41. The van der Waals surface area contributed by atoms with Gasteiger partial charge >= 0.3 is 0 Å². The van der Waals surface area contributed by atoms with Gasteiger partial charge in [-0.2, -0.15) is 0 Å². The van der Waals surface area contributed by atoms with Crippen molar-refractivity contribution >= 4 is 28.8 Å². The molecule has 7 rings (SSSR count). The van der Waals surface area contributed by atoms with Gasteiger partial charge in [0, 0.05) is 16.7 Å². The van der Waals surface area contributed by atoms with Gasteiger partial charge < -0.3 is 0 Å². The Bertz CT molecular complexity index is 1950. The van der Waals surface area contributed by atoms with Gasteiger partial charge in [-0.25, -0.2) is 15.0 Å². The number of hydrogen-bond donors (Lipinski definition) is 0. The third kappa shape index (κ3) is 5.52. The van der Waals surface area contributed by atoms with E-state index in [9.17, 15) is 0 Å². The summed E-state index contributed by atoms with van der Waals surface area (Å²) in [5.41, 5.74) is 5.28. The van der Waals surface area contributed by atoms with Crippen molar-refractivity contribution in [1.29, 1.82) is 0 Å². The first kappa shape index (κ1) is 28.3. The molecule has 3 nitrogen and oxygen atoms in total. The lowest BCUT2D eigenvalue weighted by molar-refractivity contribution is 1.07. The maximum atomic E-state index is 5.12. The van der Waals surface area contributed by atoms with Crippen LogP contribution in [-0.4, -0.2) is 23.0 Å². The van der Waals surface area contributed by atoms with E-state index in [0.29, 0.717) is 17.5 Å². The van der Waals surface area contributed by atoms with Gasteiger partial charge in [-0.1, -0.05) is 163 Å². The Balaban J connectivity index is 1.49. The second-order valence-corrected chi connectivity index (χ2v) is 15.3. The van der Waals surface area contributed by atoms with E-state index in [1.165, 1.54) is 31.9 Å². The number of rotatable bonds is 7. The van der Waals surface area contributed by atoms with Gasteiger partial charge in [0.2, 0.25) is 0 Å². The number of hydrogen-bond acceptors (Lipinski definition) is 3. The first-order valence-corrected chi connectivity index (χ1v) is 17.3. The lowest BCUT2D eigenvalue weighted by Crippen LogP contribution is -2.74. The molecule has 0 aliphatic rings. The van der Waals surface area contributed by atoms with E-state index in [4.69, 9.17) is 15.0 Å². The second-order valence-electron chi connectivity index (χ2n) is 11.5. The second kappa shape index (κ2) is 12.3. The predicted octanol–water partition coefficient (Wildman–Crippen LogP) is 6.87. The highest BCUT2D eigenvalue weighted by Gasteiger charge is 2.41. The lowest BCUT2D eigenvalue weighted by atomic mass is 10.1. The van der Waals surface area contributed by atoms with Gasteiger partial charge in [0.15, 0.2) is 25.5 Å². The van der Waals surface area contributed by atoms with Crippen molar-refractivity contribution in [1.82, 2.24) is 15.0 Å². The molecule has 4 heteroatoms. The molecule has 216 valence electrons. The normalized spacial score (nSPS) is 11.3. The molecule has 0 saturated carbocycles. The standard InChI is InChI=1S/C41H33N3Si/c1-30-26-31(2)28-34(27-30)41-43-39(32-16-7-3-8-17-32)42-40(44-41)33-18-15-25-38(29-33)45(35-19-9-4-10-20-35,36-21-11-5-12-22-36)37-23-13-6-14-24-37/h3-29H,1-2H3. The Kier molecular flexibility index (Phi) is 7.72. The molecular weight excluding hydrogens is 563 g/mol. The van der Waals surface area contributed by atoms with Gasteiger partial charge in [-0.3, -0.25) is 0 Å². The van der Waals surface area contributed by atoms with Crippen molar-refractivity contribution in [3.05, 3.63) is 175 Å². The number of benzene rings is 6. The highest BCUT2D eigenvalue weighted by molar-refractivity contribution is 7.19. The van der Waals surface area contributed by atoms with Crippen molar-refractivity contribution in [2.45, 2.75) is 13.8 Å². The molecule has 45 heavy (non-hydrogen) atoms. The minimum atomic E-state index is -2.71. The van der Waals surface area contributed by atoms with Crippen LogP contribution in [0.15, 0.2) is 164 Å². The van der Waals surface area contributed by atoms with Crippen LogP contribution in [0.25, 0.3) is 34.2 Å². The fourth-order valence-corrected chi connectivity index (χ4v) is 11.2. The molecule has 0 saturated heterocycles. The molecule has 0 radical (unpaired) electrons. The van der Waals surface area contributed by atoms with E-state index in [-0.39, 0.29) is 0 Å². The van der Waals surface area contributed by atoms with Crippen molar-refractivity contribution in [3.8, 4) is 34.2 Å². The van der Waals surface area contributed by atoms with Crippen molar-refractivity contribution < 1.29 is 0 Å². The van der Waals surface area contributed by atoms with Crippen molar-refractivity contribution in [3.63, 3.8) is 0 Å². The van der Waals surface area contributed by atoms with E-state index < -0.39 is 8.07 Å². The lowest BCUT2D eigenvalue weighted by Gasteiger charge is -2.34. The largest absolute Gasteiger partial charge is 0.208 e. The molecule has 6 aromatic carbocycles. The molecule has 0 atom stereocenters. The molecule has 1 aromatic heterocycles. The summed E-state index contributed by atoms with van der Waals surface area (Å²) < 4.78 is 0. The molecular formula is C41H33N3Si. The molecule has 7 aromatic rings. The van der Waals surface area contributed by atoms with Gasteiger partial charge in [0.1, 0.15) is 0 Å². The van der Waals surface area contributed by atoms with Gasteiger partial charge in [0.25, 0.3) is 0 Å². The topological polar surface area (TPSA) is 38.7 Å². The van der Waals surface area contributed by atoms with Crippen LogP contribution in [-0.2, 0) is 0 Å². The quantitative estimate of drug-likeness (QED) is 0.149. The van der Waals surface area contributed by atoms with E-state index in [1.807, 2.05) is 18.2 Å². The maximum absolute atomic E-state index is 5.12. The fraction of sp³-hybridized carbons (Fsp3) is 0.0488. The van der Waals surface area contributed by atoms with Crippen LogP contribution < -0.4 is 20.7 Å². The summed E-state index contributed by atoms with van der Waals surface area (Å²) in [5.74, 6) is 2.00. The molecule has 0 aliphatic heterocycles. The highest BCUT2D eigenvalue weighted by atomic mass is 28.3. The zero-order valence-electron chi connectivity index (χ0n) is 25.4. The Labute approximate surface area is 266 Å². The number of aryl methyl sites for hydroxylation is 2. The SMILES string of the molecule is Cc1cc(C)cc(-c2nc(-c3ccccc3)nc(-c3cccc([Si](c4ccccc4)(c4ccccc4)c4ccccc4)c3)n2)c1. The summed E-state index contributed by atoms with van der Waals surface area (Å²) >= 11 is 0. The molecule has 0 fully saturated rings. The molecule has 0 spiro atoms. The molecule has 0 unspecified atom stereocenters. The molecule has 0 N–H and O–H groups in total. The smallest absolute Gasteiger partial charge is 0.179 e. The zero-order valence-corrected chi connectivity index (χ0v) is 26.4. The highest BCUT2D eigenvalue weighted by Crippen LogP contribution is 2.26. The van der Waals surface area contributed by atoms with Crippen LogP contribution in [0.5, 0.6) is 0 Å². The van der Waals surface area contributed by atoms with Crippen LogP contribution in [0.2, 0.25) is 0 Å². The van der Waals surface area contributed by atoms with Crippen LogP contribution >= 0.6 is 0 Å². The third-order valence-electron chi connectivity index (χ3n) is 8.32. The first-order valence-electron chi connectivity index (χ1n) is 15.3. The van der Waals surface area contributed by atoms with Crippen LogP contribution in [0, 0.1) is 13.8 Å². The molecule has 1 heterocycles. The van der Waals surface area contributed by atoms with Gasteiger partial charge in [-0.15, -0.1) is 0 Å². The Morgan fingerprint density at radius 1 is 0.333 bits per heavy atom. The summed E-state index contributed by atoms with van der Waals surface area (Å²) in [4.78, 5) is 15.2. The van der Waals surface area contributed by atoms with Crippen molar-refractivity contribution in [2.24, 2.45) is 0 Å². The predicted molar refractivity (Wildman–Crippen MR) is 189 cm³/mol. The maximum Gasteiger partial charge on any atom is 0.179 e. The Morgan fingerprint density at radius 2 is 0.711 bits per heavy atom. The summed E-state index contributed by atoms with van der Waals surface area (Å²) in [5, 5.41) is 5.27. The zero-order chi connectivity index (χ0) is 30.6. The minimum absolute atomic E-state index is 0.664. The van der Waals surface area contributed by atoms with Gasteiger partial charge in [-0.05, 0) is 46.7 Å². The molecule has 0 aliphatic carbocycles. The molecule has 0 amide bonds. The molecule has 0 bridgehead atoms. The Morgan fingerprint density at radius 3 is 1.20 bits per heavy atom. The number of nitrogens with zero attached hydrogens (tertiary/aromatic N) is 3.